The molecular formula is C19H24O3Si. The quantitative estimate of drug-likeness (QED) is 0.420. The van der Waals surface area contributed by atoms with Crippen molar-refractivity contribution in [3.63, 3.8) is 0 Å². The Hall–Kier alpha value is -2.07. The first-order chi connectivity index (χ1) is 10.8. The van der Waals surface area contributed by atoms with Crippen molar-refractivity contribution in [2.45, 2.75) is 38.7 Å². The number of hydrogen-bond donors (Lipinski definition) is 0. The molecule has 2 aromatic carbocycles. The molecule has 0 aliphatic heterocycles. The van der Waals surface area contributed by atoms with E-state index in [0.717, 1.165) is 11.6 Å². The third-order valence-electron chi connectivity index (χ3n) is 3.43. The Bertz CT molecular complexity index is 647. The maximum absolute atomic E-state index is 12.0. The van der Waals surface area contributed by atoms with E-state index in [1.54, 1.807) is 12.1 Å². The number of para-hydroxylation sites is 1. The highest BCUT2D eigenvalue weighted by Crippen LogP contribution is 2.25. The van der Waals surface area contributed by atoms with Crippen LogP contribution in [0, 0.1) is 0 Å². The lowest BCUT2D eigenvalue weighted by molar-refractivity contribution is 0.0653. The molecule has 122 valence electrons. The van der Waals surface area contributed by atoms with Gasteiger partial charge in [0, 0.05) is 8.07 Å². The Morgan fingerprint density at radius 1 is 1.00 bits per heavy atom. The lowest BCUT2D eigenvalue weighted by atomic mass is 10.0. The minimum Gasteiger partial charge on any atom is -0.426 e. The number of carbonyl (C=O) groups excluding carboxylic acids is 1. The van der Waals surface area contributed by atoms with E-state index in [4.69, 9.17) is 9.47 Å². The van der Waals surface area contributed by atoms with Crippen molar-refractivity contribution < 1.29 is 14.3 Å². The van der Waals surface area contributed by atoms with Crippen molar-refractivity contribution in [1.29, 1.82) is 0 Å². The predicted molar refractivity (Wildman–Crippen MR) is 95.5 cm³/mol. The van der Waals surface area contributed by atoms with Gasteiger partial charge in [0.25, 0.3) is 0 Å². The zero-order valence-corrected chi connectivity index (χ0v) is 15.2. The van der Waals surface area contributed by atoms with Gasteiger partial charge in [0.1, 0.15) is 11.9 Å². The molecule has 0 aliphatic rings. The van der Waals surface area contributed by atoms with Crippen LogP contribution in [0.2, 0.25) is 19.6 Å². The first-order valence-corrected chi connectivity index (χ1v) is 11.6. The van der Waals surface area contributed by atoms with Gasteiger partial charge >= 0.3 is 6.16 Å². The summed E-state index contributed by atoms with van der Waals surface area (Å²) in [5, 5.41) is 0. The first kappa shape index (κ1) is 17.3. The lowest BCUT2D eigenvalue weighted by Crippen LogP contribution is -2.25. The molecule has 0 radical (unpaired) electrons. The number of hydrogen-bond acceptors (Lipinski definition) is 3. The molecule has 0 fully saturated rings. The van der Waals surface area contributed by atoms with Gasteiger partial charge in [0.15, 0.2) is 0 Å². The molecule has 0 spiro atoms. The summed E-state index contributed by atoms with van der Waals surface area (Å²) in [5.41, 5.74) is 2.31. The molecule has 2 aromatic rings. The Morgan fingerprint density at radius 3 is 2.26 bits per heavy atom. The van der Waals surface area contributed by atoms with Crippen molar-refractivity contribution in [1.82, 2.24) is 0 Å². The van der Waals surface area contributed by atoms with Crippen LogP contribution in [0.25, 0.3) is 0 Å². The average molecular weight is 328 g/mol. The van der Waals surface area contributed by atoms with Gasteiger partial charge in [-0.2, -0.15) is 0 Å². The van der Waals surface area contributed by atoms with E-state index >= 15 is 0 Å². The van der Waals surface area contributed by atoms with Crippen LogP contribution in [0.1, 0.15) is 24.2 Å². The fraction of sp³-hybridized carbons (Fsp3) is 0.316. The monoisotopic (exact) mass is 328 g/mol. The van der Waals surface area contributed by atoms with Gasteiger partial charge in [-0.25, -0.2) is 4.79 Å². The van der Waals surface area contributed by atoms with Crippen LogP contribution in [0.4, 0.5) is 4.79 Å². The zero-order chi connectivity index (χ0) is 16.9. The SMILES string of the molecule is CC(OC(=O)Oc1ccccc1)c1ccccc1C[Si](C)(C)C. The van der Waals surface area contributed by atoms with Gasteiger partial charge in [-0.3, -0.25) is 0 Å². The average Bonchev–Trinajstić information content (AvgIpc) is 2.47. The second-order valence-electron chi connectivity index (χ2n) is 6.86. The highest BCUT2D eigenvalue weighted by Gasteiger charge is 2.20. The smallest absolute Gasteiger partial charge is 0.426 e. The molecule has 1 atom stereocenters. The van der Waals surface area contributed by atoms with E-state index in [1.807, 2.05) is 43.3 Å². The summed E-state index contributed by atoms with van der Waals surface area (Å²) in [4.78, 5) is 12.0. The van der Waals surface area contributed by atoms with Crippen LogP contribution in [-0.4, -0.2) is 14.2 Å². The van der Waals surface area contributed by atoms with Crippen molar-refractivity contribution in [2.24, 2.45) is 0 Å². The van der Waals surface area contributed by atoms with E-state index in [9.17, 15) is 4.79 Å². The fourth-order valence-electron chi connectivity index (χ4n) is 2.48. The summed E-state index contributed by atoms with van der Waals surface area (Å²) < 4.78 is 10.6. The molecule has 0 bridgehead atoms. The zero-order valence-electron chi connectivity index (χ0n) is 14.2. The Balaban J connectivity index is 2.06. The molecule has 1 unspecified atom stereocenters. The predicted octanol–water partition coefficient (Wildman–Crippen LogP) is 5.38. The van der Waals surface area contributed by atoms with Crippen LogP contribution in [-0.2, 0) is 10.8 Å². The molecule has 0 amide bonds. The molecule has 0 aliphatic carbocycles. The van der Waals surface area contributed by atoms with Crippen LogP contribution in [0.3, 0.4) is 0 Å². The van der Waals surface area contributed by atoms with Crippen LogP contribution in [0.5, 0.6) is 5.75 Å². The van der Waals surface area contributed by atoms with E-state index in [2.05, 4.69) is 25.7 Å². The summed E-state index contributed by atoms with van der Waals surface area (Å²) in [5.74, 6) is 0.486. The van der Waals surface area contributed by atoms with Gasteiger partial charge in [0.05, 0.1) is 0 Å². The summed E-state index contributed by atoms with van der Waals surface area (Å²) >= 11 is 0. The van der Waals surface area contributed by atoms with Gasteiger partial charge in [0.2, 0.25) is 0 Å². The van der Waals surface area contributed by atoms with Gasteiger partial charge < -0.3 is 9.47 Å². The second kappa shape index (κ2) is 7.46. The highest BCUT2D eigenvalue weighted by molar-refractivity contribution is 6.75. The number of benzene rings is 2. The topological polar surface area (TPSA) is 35.5 Å². The fourth-order valence-corrected chi connectivity index (χ4v) is 3.94. The van der Waals surface area contributed by atoms with Gasteiger partial charge in [-0.05, 0) is 36.2 Å². The Morgan fingerprint density at radius 2 is 1.61 bits per heavy atom. The third kappa shape index (κ3) is 5.56. The van der Waals surface area contributed by atoms with Gasteiger partial charge in [-0.1, -0.05) is 62.1 Å². The number of carbonyl (C=O) groups is 1. The van der Waals surface area contributed by atoms with E-state index in [-0.39, 0.29) is 6.10 Å². The maximum atomic E-state index is 12.0. The lowest BCUT2D eigenvalue weighted by Gasteiger charge is -2.21. The maximum Gasteiger partial charge on any atom is 0.514 e. The van der Waals surface area contributed by atoms with E-state index in [0.29, 0.717) is 5.75 Å². The van der Waals surface area contributed by atoms with Crippen molar-refractivity contribution in [2.75, 3.05) is 0 Å². The molecule has 0 N–H and O–H groups in total. The van der Waals surface area contributed by atoms with Crippen molar-refractivity contribution >= 4 is 14.2 Å². The summed E-state index contributed by atoms with van der Waals surface area (Å²) in [6, 6.07) is 18.2. The summed E-state index contributed by atoms with van der Waals surface area (Å²) in [7, 11) is -1.25. The molecule has 0 saturated heterocycles. The number of ether oxygens (including phenoxy) is 2. The van der Waals surface area contributed by atoms with Gasteiger partial charge in [-0.15, -0.1) is 0 Å². The summed E-state index contributed by atoms with van der Waals surface area (Å²) in [6.07, 6.45) is -1.01. The Labute approximate surface area is 139 Å². The largest absolute Gasteiger partial charge is 0.514 e. The van der Waals surface area contributed by atoms with Crippen LogP contribution in [0.15, 0.2) is 54.6 Å². The summed E-state index contributed by atoms with van der Waals surface area (Å²) in [6.45, 7) is 8.88. The minimum atomic E-state index is -1.25. The van der Waals surface area contributed by atoms with E-state index < -0.39 is 14.2 Å². The highest BCUT2D eigenvalue weighted by atomic mass is 28.3. The van der Waals surface area contributed by atoms with Crippen LogP contribution >= 0.6 is 0 Å². The van der Waals surface area contributed by atoms with Crippen molar-refractivity contribution in [3.05, 3.63) is 65.7 Å². The second-order valence-corrected chi connectivity index (χ2v) is 12.3. The molecule has 0 heterocycles. The van der Waals surface area contributed by atoms with Crippen molar-refractivity contribution in [3.8, 4) is 5.75 Å². The minimum absolute atomic E-state index is 0.334. The molecule has 4 heteroatoms. The molecule has 0 aromatic heterocycles. The van der Waals surface area contributed by atoms with Crippen LogP contribution < -0.4 is 4.74 Å². The first-order valence-electron chi connectivity index (χ1n) is 7.86. The van der Waals surface area contributed by atoms with E-state index in [1.165, 1.54) is 5.56 Å². The Kier molecular flexibility index (Phi) is 5.61. The number of rotatable bonds is 5. The molecule has 0 saturated carbocycles. The third-order valence-corrected chi connectivity index (χ3v) is 4.87. The molecule has 23 heavy (non-hydrogen) atoms. The molecular weight excluding hydrogens is 304 g/mol. The normalized spacial score (nSPS) is 12.5. The molecule has 3 nitrogen and oxygen atoms in total. The molecule has 2 rings (SSSR count). The standard InChI is InChI=1S/C19H24O3Si/c1-15(21-19(20)22-17-11-6-5-7-12-17)18-13-9-8-10-16(18)14-23(2,3)4/h5-13,15H,14H2,1-4H3.